The third-order valence-corrected chi connectivity index (χ3v) is 5.45. The molecule has 1 aliphatic rings. The van der Waals surface area contributed by atoms with Crippen molar-refractivity contribution in [2.75, 3.05) is 0 Å². The monoisotopic (exact) mass is 327 g/mol. The predicted octanol–water partition coefficient (Wildman–Crippen LogP) is 3.62. The highest BCUT2D eigenvalue weighted by Gasteiger charge is 2.36. The summed E-state index contributed by atoms with van der Waals surface area (Å²) in [5, 5.41) is 4.82. The van der Waals surface area contributed by atoms with Crippen LogP contribution in [0.2, 0.25) is 0 Å². The summed E-state index contributed by atoms with van der Waals surface area (Å²) < 4.78 is 7.03. The number of thiophene rings is 1. The van der Waals surface area contributed by atoms with Gasteiger partial charge in [-0.25, -0.2) is 4.98 Å². The molecule has 1 fully saturated rings. The predicted molar refractivity (Wildman–Crippen MR) is 91.5 cm³/mol. The second-order valence-corrected chi connectivity index (χ2v) is 7.10. The standard InChI is InChI=1S/C17H17N3O2S/c1-3-12-7-14-16(23-12)18-9-20(17(14)21)19-8-11-4-5-15(22-11)13-6-10(13)2/h4-5,7-10,13H,3,6H2,1-2H3/b19-8-/t10-,13+/m0/s1. The summed E-state index contributed by atoms with van der Waals surface area (Å²) in [7, 11) is 0. The van der Waals surface area contributed by atoms with Gasteiger partial charge in [0, 0.05) is 10.8 Å². The molecule has 4 rings (SSSR count). The van der Waals surface area contributed by atoms with Gasteiger partial charge >= 0.3 is 0 Å². The number of hydrogen-bond acceptors (Lipinski definition) is 5. The van der Waals surface area contributed by atoms with Crippen LogP contribution in [0.1, 0.15) is 42.6 Å². The molecule has 5 nitrogen and oxygen atoms in total. The molecule has 1 saturated carbocycles. The zero-order valence-electron chi connectivity index (χ0n) is 13.0. The van der Waals surface area contributed by atoms with Crippen molar-refractivity contribution >= 4 is 27.8 Å². The van der Waals surface area contributed by atoms with E-state index in [1.807, 2.05) is 18.2 Å². The van der Waals surface area contributed by atoms with E-state index in [1.54, 1.807) is 17.6 Å². The van der Waals surface area contributed by atoms with Crippen molar-refractivity contribution in [1.82, 2.24) is 9.66 Å². The third kappa shape index (κ3) is 2.63. The Morgan fingerprint density at radius 3 is 3.09 bits per heavy atom. The maximum absolute atomic E-state index is 12.4. The summed E-state index contributed by atoms with van der Waals surface area (Å²) in [5.74, 6) is 2.90. The van der Waals surface area contributed by atoms with Crippen LogP contribution in [0, 0.1) is 5.92 Å². The highest BCUT2D eigenvalue weighted by atomic mass is 32.1. The van der Waals surface area contributed by atoms with Gasteiger partial charge in [-0.3, -0.25) is 4.79 Å². The molecule has 0 unspecified atom stereocenters. The van der Waals surface area contributed by atoms with E-state index in [1.165, 1.54) is 17.4 Å². The molecule has 6 heteroatoms. The summed E-state index contributed by atoms with van der Waals surface area (Å²) >= 11 is 1.55. The van der Waals surface area contributed by atoms with Gasteiger partial charge in [0.1, 0.15) is 22.7 Å². The highest BCUT2D eigenvalue weighted by molar-refractivity contribution is 7.18. The molecule has 0 aliphatic heterocycles. The van der Waals surface area contributed by atoms with Crippen LogP contribution in [0.5, 0.6) is 0 Å². The van der Waals surface area contributed by atoms with Crippen molar-refractivity contribution in [2.24, 2.45) is 11.0 Å². The van der Waals surface area contributed by atoms with Gasteiger partial charge in [0.2, 0.25) is 0 Å². The van der Waals surface area contributed by atoms with Gasteiger partial charge in [0.25, 0.3) is 5.56 Å². The minimum absolute atomic E-state index is 0.148. The van der Waals surface area contributed by atoms with E-state index >= 15 is 0 Å². The average Bonchev–Trinajstić information content (AvgIpc) is 2.98. The Bertz CT molecular complexity index is 950. The summed E-state index contributed by atoms with van der Waals surface area (Å²) in [6.45, 7) is 4.28. The quantitative estimate of drug-likeness (QED) is 0.688. The first-order valence-corrected chi connectivity index (χ1v) is 8.61. The molecule has 0 radical (unpaired) electrons. The maximum atomic E-state index is 12.4. The van der Waals surface area contributed by atoms with Crippen molar-refractivity contribution < 1.29 is 4.42 Å². The molecule has 0 N–H and O–H groups in total. The van der Waals surface area contributed by atoms with Crippen molar-refractivity contribution in [1.29, 1.82) is 0 Å². The molecule has 2 atom stereocenters. The molecule has 0 saturated heterocycles. The SMILES string of the molecule is CCc1cc2c(=O)n(/N=C\c3ccc([C@@H]4C[C@@H]4C)o3)cnc2s1. The topological polar surface area (TPSA) is 60.4 Å². The smallest absolute Gasteiger partial charge is 0.282 e. The second-order valence-electron chi connectivity index (χ2n) is 5.98. The Hall–Kier alpha value is -2.21. The normalized spacial score (nSPS) is 20.6. The van der Waals surface area contributed by atoms with Crippen molar-refractivity contribution in [3.8, 4) is 0 Å². The van der Waals surface area contributed by atoms with Gasteiger partial charge in [-0.15, -0.1) is 11.3 Å². The molecule has 118 valence electrons. The van der Waals surface area contributed by atoms with Crippen LogP contribution in [0.4, 0.5) is 0 Å². The molecule has 3 aromatic rings. The van der Waals surface area contributed by atoms with Gasteiger partial charge in [-0.1, -0.05) is 13.8 Å². The fourth-order valence-corrected chi connectivity index (χ4v) is 3.62. The lowest BCUT2D eigenvalue weighted by Crippen LogP contribution is -2.16. The van der Waals surface area contributed by atoms with E-state index in [2.05, 4.69) is 23.9 Å². The molecule has 0 bridgehead atoms. The van der Waals surface area contributed by atoms with Gasteiger partial charge in [-0.05, 0) is 37.0 Å². The van der Waals surface area contributed by atoms with Gasteiger partial charge in [-0.2, -0.15) is 9.78 Å². The molecule has 0 spiro atoms. The van der Waals surface area contributed by atoms with Crippen LogP contribution in [-0.2, 0) is 6.42 Å². The zero-order chi connectivity index (χ0) is 16.0. The lowest BCUT2D eigenvalue weighted by Gasteiger charge is -1.96. The first kappa shape index (κ1) is 14.4. The Morgan fingerprint density at radius 1 is 1.52 bits per heavy atom. The number of furan rings is 1. The fourth-order valence-electron chi connectivity index (χ4n) is 2.69. The number of hydrogen-bond donors (Lipinski definition) is 0. The Balaban J connectivity index is 1.62. The van der Waals surface area contributed by atoms with Gasteiger partial charge < -0.3 is 4.42 Å². The van der Waals surface area contributed by atoms with Crippen LogP contribution < -0.4 is 5.56 Å². The van der Waals surface area contributed by atoms with Crippen LogP contribution in [0.3, 0.4) is 0 Å². The summed E-state index contributed by atoms with van der Waals surface area (Å²) in [4.78, 5) is 18.7. The number of aryl methyl sites for hydroxylation is 1. The average molecular weight is 327 g/mol. The summed E-state index contributed by atoms with van der Waals surface area (Å²) in [6, 6.07) is 5.79. The number of fused-ring (bicyclic) bond motifs is 1. The van der Waals surface area contributed by atoms with Crippen molar-refractivity contribution in [3.05, 3.63) is 51.3 Å². The van der Waals surface area contributed by atoms with Crippen LogP contribution >= 0.6 is 11.3 Å². The number of rotatable bonds is 4. The van der Waals surface area contributed by atoms with Crippen LogP contribution in [-0.4, -0.2) is 15.9 Å². The summed E-state index contributed by atoms with van der Waals surface area (Å²) in [5.41, 5.74) is -0.148. The lowest BCUT2D eigenvalue weighted by atomic mass is 10.3. The summed E-state index contributed by atoms with van der Waals surface area (Å²) in [6.07, 6.45) is 5.11. The van der Waals surface area contributed by atoms with Crippen LogP contribution in [0.15, 0.2) is 38.8 Å². The molecule has 1 aliphatic carbocycles. The maximum Gasteiger partial charge on any atom is 0.282 e. The molecular formula is C17H17N3O2S. The first-order chi connectivity index (χ1) is 11.2. The van der Waals surface area contributed by atoms with E-state index in [4.69, 9.17) is 4.42 Å². The molecule has 0 aromatic carbocycles. The number of nitrogens with zero attached hydrogens (tertiary/aromatic N) is 3. The molecular weight excluding hydrogens is 310 g/mol. The largest absolute Gasteiger partial charge is 0.460 e. The van der Waals surface area contributed by atoms with Gasteiger partial charge in [0.05, 0.1) is 11.6 Å². The Kier molecular flexibility index (Phi) is 3.41. The molecule has 3 aromatic heterocycles. The lowest BCUT2D eigenvalue weighted by molar-refractivity contribution is 0.500. The highest BCUT2D eigenvalue weighted by Crippen LogP contribution is 2.47. The Labute approximate surface area is 137 Å². The third-order valence-electron chi connectivity index (χ3n) is 4.27. The molecule has 23 heavy (non-hydrogen) atoms. The second kappa shape index (κ2) is 5.45. The number of aromatic nitrogens is 2. The van der Waals surface area contributed by atoms with E-state index in [-0.39, 0.29) is 5.56 Å². The van der Waals surface area contributed by atoms with Gasteiger partial charge in [0.15, 0.2) is 0 Å². The van der Waals surface area contributed by atoms with E-state index in [0.29, 0.717) is 23.0 Å². The Morgan fingerprint density at radius 2 is 2.35 bits per heavy atom. The van der Waals surface area contributed by atoms with E-state index in [9.17, 15) is 4.79 Å². The zero-order valence-corrected chi connectivity index (χ0v) is 13.8. The molecule has 0 amide bonds. The minimum atomic E-state index is -0.148. The van der Waals surface area contributed by atoms with Crippen molar-refractivity contribution in [2.45, 2.75) is 32.6 Å². The minimum Gasteiger partial charge on any atom is -0.460 e. The van der Waals surface area contributed by atoms with E-state index < -0.39 is 0 Å². The molecule has 3 heterocycles. The first-order valence-electron chi connectivity index (χ1n) is 7.80. The fraction of sp³-hybridized carbons (Fsp3) is 0.353. The van der Waals surface area contributed by atoms with Crippen molar-refractivity contribution in [3.63, 3.8) is 0 Å². The van der Waals surface area contributed by atoms with E-state index in [0.717, 1.165) is 21.9 Å². The van der Waals surface area contributed by atoms with Crippen LogP contribution in [0.25, 0.3) is 10.2 Å².